The van der Waals surface area contributed by atoms with Gasteiger partial charge in [-0.15, -0.1) is 0 Å². The minimum atomic E-state index is -2.67. The van der Waals surface area contributed by atoms with Crippen LogP contribution in [0.2, 0.25) is 0 Å². The Morgan fingerprint density at radius 2 is 2.53 bits per heavy atom. The lowest BCUT2D eigenvalue weighted by molar-refractivity contribution is 0.0963. The maximum Gasteiger partial charge on any atom is 0.263 e. The van der Waals surface area contributed by atoms with E-state index in [4.69, 9.17) is 4.11 Å². The lowest BCUT2D eigenvalue weighted by Gasteiger charge is -2.01. The van der Waals surface area contributed by atoms with E-state index in [1.807, 2.05) is 0 Å². The average Bonchev–Trinajstić information content (AvgIpc) is 2.26. The molecule has 0 saturated heterocycles. The standard InChI is InChI=1S/C9H8N4O2/c1-10-8(14)6-7-5(2-11-4-13-7)3-12-9(6)15/h2-4H,1H3,(H,10,14)(H,12,15)/i1D3. The third-order valence-corrected chi connectivity index (χ3v) is 1.90. The van der Waals surface area contributed by atoms with E-state index in [0.29, 0.717) is 5.39 Å². The van der Waals surface area contributed by atoms with Crippen molar-refractivity contribution in [2.45, 2.75) is 0 Å². The molecular formula is C9H8N4O2. The molecular weight excluding hydrogens is 196 g/mol. The number of amides is 1. The number of aromatic nitrogens is 3. The second kappa shape index (κ2) is 3.49. The van der Waals surface area contributed by atoms with Gasteiger partial charge in [0, 0.05) is 28.9 Å². The minimum absolute atomic E-state index is 0.107. The normalized spacial score (nSPS) is 14.0. The molecule has 2 aromatic heterocycles. The van der Waals surface area contributed by atoms with E-state index < -0.39 is 18.4 Å². The first-order chi connectivity index (χ1) is 8.38. The van der Waals surface area contributed by atoms with Crippen molar-refractivity contribution in [2.24, 2.45) is 0 Å². The van der Waals surface area contributed by atoms with Gasteiger partial charge >= 0.3 is 0 Å². The van der Waals surface area contributed by atoms with Crippen molar-refractivity contribution in [3.05, 3.63) is 34.6 Å². The first-order valence-corrected chi connectivity index (χ1v) is 4.02. The monoisotopic (exact) mass is 207 g/mol. The van der Waals surface area contributed by atoms with Gasteiger partial charge in [-0.05, 0) is 0 Å². The summed E-state index contributed by atoms with van der Waals surface area (Å²) in [4.78, 5) is 33.2. The van der Waals surface area contributed by atoms with E-state index in [2.05, 4.69) is 15.0 Å². The molecule has 2 aromatic rings. The highest BCUT2D eigenvalue weighted by Gasteiger charge is 2.14. The Balaban J connectivity index is 2.60. The van der Waals surface area contributed by atoms with Crippen LogP contribution >= 0.6 is 0 Å². The molecule has 2 N–H and O–H groups in total. The number of H-pyrrole nitrogens is 1. The molecule has 0 spiro atoms. The van der Waals surface area contributed by atoms with E-state index >= 15 is 0 Å². The van der Waals surface area contributed by atoms with Crippen molar-refractivity contribution in [3.8, 4) is 0 Å². The molecule has 0 fully saturated rings. The fourth-order valence-electron chi connectivity index (χ4n) is 1.25. The summed E-state index contributed by atoms with van der Waals surface area (Å²) in [6.45, 7) is -2.67. The van der Waals surface area contributed by atoms with Crippen molar-refractivity contribution in [1.29, 1.82) is 0 Å². The molecule has 0 bridgehead atoms. The SMILES string of the molecule is [2H]C([2H])([2H])NC(=O)c1c(=O)[nH]cc2cncnc12. The molecule has 0 aliphatic rings. The third-order valence-electron chi connectivity index (χ3n) is 1.90. The maximum atomic E-state index is 11.7. The summed E-state index contributed by atoms with van der Waals surface area (Å²) in [5.41, 5.74) is -0.940. The highest BCUT2D eigenvalue weighted by Crippen LogP contribution is 2.09. The van der Waals surface area contributed by atoms with Gasteiger partial charge in [-0.3, -0.25) is 9.59 Å². The van der Waals surface area contributed by atoms with Crippen molar-refractivity contribution < 1.29 is 8.91 Å². The summed E-state index contributed by atoms with van der Waals surface area (Å²) in [6.07, 6.45) is 3.93. The van der Waals surface area contributed by atoms with Crippen LogP contribution in [0.25, 0.3) is 10.9 Å². The molecule has 0 unspecified atom stereocenters. The molecule has 0 aromatic carbocycles. The predicted molar refractivity (Wildman–Crippen MR) is 53.5 cm³/mol. The number of nitrogens with zero attached hydrogens (tertiary/aromatic N) is 2. The van der Waals surface area contributed by atoms with Crippen LogP contribution in [0.15, 0.2) is 23.5 Å². The van der Waals surface area contributed by atoms with Gasteiger partial charge in [0.2, 0.25) is 0 Å². The Morgan fingerprint density at radius 1 is 1.67 bits per heavy atom. The highest BCUT2D eigenvalue weighted by molar-refractivity contribution is 6.04. The van der Waals surface area contributed by atoms with E-state index in [1.54, 1.807) is 5.32 Å². The zero-order valence-corrected chi connectivity index (χ0v) is 7.44. The molecule has 2 heterocycles. The molecule has 0 aliphatic heterocycles. The van der Waals surface area contributed by atoms with E-state index in [-0.39, 0.29) is 11.1 Å². The molecule has 6 nitrogen and oxygen atoms in total. The number of pyridine rings is 1. The Morgan fingerprint density at radius 3 is 3.33 bits per heavy atom. The largest absolute Gasteiger partial charge is 0.355 e. The fourth-order valence-corrected chi connectivity index (χ4v) is 1.25. The van der Waals surface area contributed by atoms with Crippen molar-refractivity contribution in [2.75, 3.05) is 6.98 Å². The van der Waals surface area contributed by atoms with Crippen molar-refractivity contribution in [3.63, 3.8) is 0 Å². The van der Waals surface area contributed by atoms with Crippen LogP contribution in [-0.2, 0) is 0 Å². The van der Waals surface area contributed by atoms with Crippen LogP contribution < -0.4 is 10.9 Å². The van der Waals surface area contributed by atoms with E-state index in [9.17, 15) is 9.59 Å². The molecule has 0 saturated carbocycles. The average molecular weight is 207 g/mol. The van der Waals surface area contributed by atoms with Crippen molar-refractivity contribution >= 4 is 16.8 Å². The molecule has 0 atom stereocenters. The van der Waals surface area contributed by atoms with Crippen molar-refractivity contribution in [1.82, 2.24) is 20.3 Å². The smallest absolute Gasteiger partial charge is 0.263 e. The fraction of sp³-hybridized carbons (Fsp3) is 0.111. The van der Waals surface area contributed by atoms with Gasteiger partial charge < -0.3 is 10.3 Å². The van der Waals surface area contributed by atoms with Gasteiger partial charge in [0.15, 0.2) is 0 Å². The van der Waals surface area contributed by atoms with Gasteiger partial charge in [0.05, 0.1) is 5.52 Å². The number of nitrogens with one attached hydrogen (secondary N) is 2. The first kappa shape index (κ1) is 6.28. The molecule has 2 rings (SSSR count). The molecule has 76 valence electrons. The minimum Gasteiger partial charge on any atom is -0.355 e. The van der Waals surface area contributed by atoms with Gasteiger partial charge in [-0.1, -0.05) is 0 Å². The lowest BCUT2D eigenvalue weighted by Crippen LogP contribution is -2.27. The van der Waals surface area contributed by atoms with Crippen LogP contribution in [0.4, 0.5) is 0 Å². The molecule has 15 heavy (non-hydrogen) atoms. The van der Waals surface area contributed by atoms with E-state index in [1.165, 1.54) is 18.7 Å². The van der Waals surface area contributed by atoms with Crippen LogP contribution in [-0.4, -0.2) is 27.8 Å². The molecule has 1 amide bonds. The van der Waals surface area contributed by atoms with Crippen LogP contribution in [0, 0.1) is 0 Å². The number of hydrogen-bond acceptors (Lipinski definition) is 4. The Hall–Kier alpha value is -2.24. The number of rotatable bonds is 1. The molecule has 0 aliphatic carbocycles. The van der Waals surface area contributed by atoms with Gasteiger partial charge in [-0.25, -0.2) is 9.97 Å². The van der Waals surface area contributed by atoms with E-state index in [0.717, 1.165) is 0 Å². The Kier molecular flexibility index (Phi) is 1.46. The van der Waals surface area contributed by atoms with Gasteiger partial charge in [0.1, 0.15) is 11.9 Å². The van der Waals surface area contributed by atoms with Crippen LogP contribution in [0.3, 0.4) is 0 Å². The zero-order valence-electron chi connectivity index (χ0n) is 10.4. The lowest BCUT2D eigenvalue weighted by atomic mass is 10.2. The Bertz CT molecular complexity index is 665. The molecule has 6 heteroatoms. The van der Waals surface area contributed by atoms with Crippen LogP contribution in [0.1, 0.15) is 14.5 Å². The third kappa shape index (κ3) is 1.45. The van der Waals surface area contributed by atoms with Crippen LogP contribution in [0.5, 0.6) is 0 Å². The number of carbonyl (C=O) groups excluding carboxylic acids is 1. The van der Waals surface area contributed by atoms with Gasteiger partial charge in [-0.2, -0.15) is 0 Å². The summed E-state index contributed by atoms with van der Waals surface area (Å²) in [6, 6.07) is 0. The number of carbonyl (C=O) groups is 1. The second-order valence-corrected chi connectivity index (χ2v) is 2.77. The summed E-state index contributed by atoms with van der Waals surface area (Å²) < 4.78 is 20.8. The molecule has 0 radical (unpaired) electrons. The second-order valence-electron chi connectivity index (χ2n) is 2.77. The quantitative estimate of drug-likeness (QED) is 0.670. The first-order valence-electron chi connectivity index (χ1n) is 5.52. The summed E-state index contributed by atoms with van der Waals surface area (Å²) in [5, 5.41) is 2.19. The number of fused-ring (bicyclic) bond motifs is 1. The summed E-state index contributed by atoms with van der Waals surface area (Å²) in [7, 11) is 0. The summed E-state index contributed by atoms with van der Waals surface area (Å²) in [5.74, 6) is -0.999. The van der Waals surface area contributed by atoms with Gasteiger partial charge in [0.25, 0.3) is 11.5 Å². The Labute approximate surface area is 88.6 Å². The maximum absolute atomic E-state index is 11.7. The predicted octanol–water partition coefficient (Wildman–Crippen LogP) is -0.322. The number of hydrogen-bond donors (Lipinski definition) is 2. The topological polar surface area (TPSA) is 87.7 Å². The summed E-state index contributed by atoms with van der Waals surface area (Å²) >= 11 is 0. The highest BCUT2D eigenvalue weighted by atomic mass is 16.2. The zero-order chi connectivity index (χ0) is 13.3. The number of aromatic amines is 1.